The first-order valence-electron chi connectivity index (χ1n) is 5.60. The van der Waals surface area contributed by atoms with E-state index in [-0.39, 0.29) is 17.9 Å². The van der Waals surface area contributed by atoms with E-state index in [2.05, 4.69) is 11.2 Å². The van der Waals surface area contributed by atoms with Crippen molar-refractivity contribution in [1.29, 1.82) is 0 Å². The van der Waals surface area contributed by atoms with Crippen LogP contribution in [0.25, 0.3) is 0 Å². The monoisotopic (exact) mass is 210 g/mol. The smallest absolute Gasteiger partial charge is 0.220 e. The first-order chi connectivity index (χ1) is 7.17. The largest absolute Gasteiger partial charge is 0.352 e. The summed E-state index contributed by atoms with van der Waals surface area (Å²) >= 11 is 0. The highest BCUT2D eigenvalue weighted by molar-refractivity contribution is 5.76. The van der Waals surface area contributed by atoms with Crippen molar-refractivity contribution in [2.45, 2.75) is 45.6 Å². The van der Waals surface area contributed by atoms with Gasteiger partial charge in [-0.25, -0.2) is 0 Å². The Morgan fingerprint density at radius 1 is 1.47 bits per heavy atom. The molecule has 2 atom stereocenters. The van der Waals surface area contributed by atoms with Crippen LogP contribution < -0.4 is 11.1 Å². The van der Waals surface area contributed by atoms with Gasteiger partial charge >= 0.3 is 0 Å². The minimum absolute atomic E-state index is 0.0643. The van der Waals surface area contributed by atoms with Crippen LogP contribution in [-0.2, 0) is 4.79 Å². The Labute approximate surface area is 92.8 Å². The Balaban J connectivity index is 3.95. The number of amides is 1. The van der Waals surface area contributed by atoms with Crippen molar-refractivity contribution in [2.24, 2.45) is 11.7 Å². The lowest BCUT2D eigenvalue weighted by Gasteiger charge is -2.17. The zero-order valence-corrected chi connectivity index (χ0v) is 9.75. The predicted octanol–water partition coefficient (Wildman–Crippen LogP) is 1.28. The highest BCUT2D eigenvalue weighted by atomic mass is 16.1. The molecule has 0 aliphatic rings. The summed E-state index contributed by atoms with van der Waals surface area (Å²) in [6, 6.07) is 0.109. The third-order valence-electron chi connectivity index (χ3n) is 2.61. The van der Waals surface area contributed by atoms with E-state index in [9.17, 15) is 4.79 Å². The van der Waals surface area contributed by atoms with Gasteiger partial charge in [-0.05, 0) is 18.9 Å². The number of carbonyl (C=O) groups excluding carboxylic acids is 1. The van der Waals surface area contributed by atoms with E-state index >= 15 is 0 Å². The summed E-state index contributed by atoms with van der Waals surface area (Å²) in [7, 11) is 0. The molecule has 0 spiro atoms. The van der Waals surface area contributed by atoms with Crippen molar-refractivity contribution in [3.63, 3.8) is 0 Å². The fourth-order valence-corrected chi connectivity index (χ4v) is 1.38. The van der Waals surface area contributed by atoms with E-state index in [1.165, 1.54) is 0 Å². The van der Waals surface area contributed by atoms with Crippen molar-refractivity contribution < 1.29 is 4.79 Å². The Morgan fingerprint density at radius 2 is 2.13 bits per heavy atom. The van der Waals surface area contributed by atoms with Crippen molar-refractivity contribution in [1.82, 2.24) is 5.32 Å². The van der Waals surface area contributed by atoms with Crippen LogP contribution in [0.15, 0.2) is 0 Å². The Morgan fingerprint density at radius 3 is 2.53 bits per heavy atom. The number of hydrogen-bond donors (Lipinski definition) is 2. The van der Waals surface area contributed by atoms with Gasteiger partial charge in [0.05, 0.1) is 0 Å². The maximum absolute atomic E-state index is 11.6. The Bertz CT molecular complexity index is 216. The first-order valence-corrected chi connectivity index (χ1v) is 5.60. The highest BCUT2D eigenvalue weighted by Crippen LogP contribution is 2.06. The van der Waals surface area contributed by atoms with Gasteiger partial charge in [0.15, 0.2) is 0 Å². The van der Waals surface area contributed by atoms with E-state index in [0.29, 0.717) is 19.4 Å². The standard InChI is InChI=1S/C12H22N2O/c1-4-7-11(6-3)14-12(15)8-10(5-2)9-13/h1,10-11H,5-9,13H2,2-3H3,(H,14,15). The third-order valence-corrected chi connectivity index (χ3v) is 2.61. The molecule has 0 rings (SSSR count). The van der Waals surface area contributed by atoms with Crippen molar-refractivity contribution in [3.05, 3.63) is 0 Å². The molecule has 0 aromatic rings. The molecule has 0 radical (unpaired) electrons. The van der Waals surface area contributed by atoms with E-state index in [1.54, 1.807) is 0 Å². The maximum Gasteiger partial charge on any atom is 0.220 e. The summed E-state index contributed by atoms with van der Waals surface area (Å²) in [4.78, 5) is 11.6. The number of nitrogens with two attached hydrogens (primary N) is 1. The average molecular weight is 210 g/mol. The maximum atomic E-state index is 11.6. The van der Waals surface area contributed by atoms with Crippen molar-refractivity contribution >= 4 is 5.91 Å². The van der Waals surface area contributed by atoms with Crippen LogP contribution in [0.1, 0.15) is 39.5 Å². The van der Waals surface area contributed by atoms with Gasteiger partial charge in [-0.2, -0.15) is 0 Å². The van der Waals surface area contributed by atoms with Crippen molar-refractivity contribution in [3.8, 4) is 12.3 Å². The molecule has 3 N–H and O–H groups in total. The average Bonchev–Trinajstić information content (AvgIpc) is 2.25. The molecule has 0 aliphatic carbocycles. The predicted molar refractivity (Wildman–Crippen MR) is 63.1 cm³/mol. The molecular weight excluding hydrogens is 188 g/mol. The molecule has 0 saturated carbocycles. The van der Waals surface area contributed by atoms with E-state index in [4.69, 9.17) is 12.2 Å². The molecule has 0 heterocycles. The number of carbonyl (C=O) groups is 1. The molecule has 2 unspecified atom stereocenters. The summed E-state index contributed by atoms with van der Waals surface area (Å²) in [6.07, 6.45) is 8.13. The van der Waals surface area contributed by atoms with Gasteiger partial charge in [-0.1, -0.05) is 20.3 Å². The molecule has 15 heavy (non-hydrogen) atoms. The molecule has 0 aromatic heterocycles. The van der Waals surface area contributed by atoms with Gasteiger partial charge in [0.2, 0.25) is 5.91 Å². The van der Waals surface area contributed by atoms with Crippen LogP contribution in [-0.4, -0.2) is 18.5 Å². The lowest BCUT2D eigenvalue weighted by atomic mass is 10.0. The summed E-state index contributed by atoms with van der Waals surface area (Å²) in [5, 5.41) is 2.93. The lowest BCUT2D eigenvalue weighted by Crippen LogP contribution is -2.36. The summed E-state index contributed by atoms with van der Waals surface area (Å²) in [5.74, 6) is 2.92. The summed E-state index contributed by atoms with van der Waals surface area (Å²) in [5.41, 5.74) is 5.54. The van der Waals surface area contributed by atoms with Gasteiger partial charge in [-0.15, -0.1) is 12.3 Å². The Hall–Kier alpha value is -1.01. The molecule has 0 aliphatic heterocycles. The molecule has 3 nitrogen and oxygen atoms in total. The number of rotatable bonds is 7. The van der Waals surface area contributed by atoms with Gasteiger partial charge < -0.3 is 11.1 Å². The van der Waals surface area contributed by atoms with Gasteiger partial charge in [0, 0.05) is 18.9 Å². The molecule has 0 fully saturated rings. The Kier molecular flexibility index (Phi) is 7.75. The molecule has 0 bridgehead atoms. The first kappa shape index (κ1) is 14.0. The highest BCUT2D eigenvalue weighted by Gasteiger charge is 2.13. The summed E-state index contributed by atoms with van der Waals surface area (Å²) < 4.78 is 0. The SMILES string of the molecule is C#CCC(CC)NC(=O)CC(CC)CN. The van der Waals surface area contributed by atoms with E-state index < -0.39 is 0 Å². The van der Waals surface area contributed by atoms with E-state index in [1.807, 2.05) is 13.8 Å². The molecular formula is C12H22N2O. The second-order valence-electron chi connectivity index (χ2n) is 3.80. The molecule has 0 saturated heterocycles. The van der Waals surface area contributed by atoms with Crippen LogP contribution in [0.2, 0.25) is 0 Å². The minimum atomic E-state index is 0.0643. The minimum Gasteiger partial charge on any atom is -0.352 e. The molecule has 86 valence electrons. The van der Waals surface area contributed by atoms with Gasteiger partial charge in [0.25, 0.3) is 0 Å². The molecule has 0 aromatic carbocycles. The van der Waals surface area contributed by atoms with Crippen LogP contribution >= 0.6 is 0 Å². The topological polar surface area (TPSA) is 55.1 Å². The van der Waals surface area contributed by atoms with Gasteiger partial charge in [-0.3, -0.25) is 4.79 Å². The van der Waals surface area contributed by atoms with Crippen LogP contribution in [0.5, 0.6) is 0 Å². The van der Waals surface area contributed by atoms with Crippen molar-refractivity contribution in [2.75, 3.05) is 6.54 Å². The third kappa shape index (κ3) is 6.14. The number of terminal acetylenes is 1. The fraction of sp³-hybridized carbons (Fsp3) is 0.750. The molecule has 1 amide bonds. The normalized spacial score (nSPS) is 14.0. The second kappa shape index (κ2) is 8.31. The van der Waals surface area contributed by atoms with Crippen LogP contribution in [0.4, 0.5) is 0 Å². The van der Waals surface area contributed by atoms with Crippen LogP contribution in [0.3, 0.4) is 0 Å². The second-order valence-corrected chi connectivity index (χ2v) is 3.80. The number of nitrogens with one attached hydrogen (secondary N) is 1. The quantitative estimate of drug-likeness (QED) is 0.622. The fourth-order valence-electron chi connectivity index (χ4n) is 1.38. The zero-order valence-electron chi connectivity index (χ0n) is 9.75. The molecule has 3 heteroatoms. The van der Waals surface area contributed by atoms with Crippen LogP contribution in [0, 0.1) is 18.3 Å². The zero-order chi connectivity index (χ0) is 11.7. The van der Waals surface area contributed by atoms with E-state index in [0.717, 1.165) is 12.8 Å². The summed E-state index contributed by atoms with van der Waals surface area (Å²) in [6.45, 7) is 4.63. The van der Waals surface area contributed by atoms with Gasteiger partial charge in [0.1, 0.15) is 0 Å². The lowest BCUT2D eigenvalue weighted by molar-refractivity contribution is -0.122. The number of hydrogen-bond acceptors (Lipinski definition) is 2.